The van der Waals surface area contributed by atoms with Crippen LogP contribution in [0.15, 0.2) is 36.4 Å². The van der Waals surface area contributed by atoms with Gasteiger partial charge < -0.3 is 14.2 Å². The smallest absolute Gasteiger partial charge is 0.123 e. The molecule has 0 amide bonds. The highest BCUT2D eigenvalue weighted by Gasteiger charge is 2.24. The lowest BCUT2D eigenvalue weighted by Crippen LogP contribution is -2.40. The van der Waals surface area contributed by atoms with Crippen LogP contribution >= 0.6 is 0 Å². The van der Waals surface area contributed by atoms with E-state index in [-0.39, 0.29) is 0 Å². The first-order valence-corrected chi connectivity index (χ1v) is 11.5. The van der Waals surface area contributed by atoms with E-state index in [0.717, 1.165) is 28.4 Å². The number of rotatable bonds is 6. The van der Waals surface area contributed by atoms with Gasteiger partial charge in [0, 0.05) is 6.07 Å². The van der Waals surface area contributed by atoms with E-state index in [4.69, 9.17) is 14.2 Å². The maximum absolute atomic E-state index is 5.64. The molecule has 2 rings (SSSR count). The summed E-state index contributed by atoms with van der Waals surface area (Å²) in [6.07, 6.45) is 4.25. The summed E-state index contributed by atoms with van der Waals surface area (Å²) in [6, 6.07) is 12.1. The van der Waals surface area contributed by atoms with Gasteiger partial charge in [0.15, 0.2) is 0 Å². The second-order valence-corrected chi connectivity index (χ2v) is 11.7. The predicted octanol–water partition coefficient (Wildman–Crippen LogP) is 4.43. The zero-order valence-electron chi connectivity index (χ0n) is 15.3. The Bertz CT molecular complexity index is 713. The molecule has 128 valence electrons. The quantitative estimate of drug-likeness (QED) is 0.574. The van der Waals surface area contributed by atoms with Gasteiger partial charge in [-0.2, -0.15) is 0 Å². The highest BCUT2D eigenvalue weighted by Crippen LogP contribution is 2.26. The van der Waals surface area contributed by atoms with Crippen LogP contribution in [-0.2, 0) is 0 Å². The summed E-state index contributed by atoms with van der Waals surface area (Å²) in [5.41, 5.74) is 2.28. The SMILES string of the molecule is COc1ccc(/C=C/c2cc(OC)cc(OC)c2[Si](C)(C)C)cc1. The molecule has 24 heavy (non-hydrogen) atoms. The Morgan fingerprint density at radius 2 is 1.38 bits per heavy atom. The molecule has 2 aromatic carbocycles. The molecule has 0 heterocycles. The Morgan fingerprint density at radius 1 is 0.750 bits per heavy atom. The third kappa shape index (κ3) is 4.20. The number of methoxy groups -OCH3 is 3. The zero-order chi connectivity index (χ0) is 17.7. The Balaban J connectivity index is 2.48. The molecule has 0 saturated carbocycles. The average Bonchev–Trinajstić information content (AvgIpc) is 2.58. The van der Waals surface area contributed by atoms with Crippen molar-refractivity contribution in [3.8, 4) is 17.2 Å². The van der Waals surface area contributed by atoms with Gasteiger partial charge in [-0.3, -0.25) is 0 Å². The van der Waals surface area contributed by atoms with E-state index in [0.29, 0.717) is 0 Å². The molecule has 0 N–H and O–H groups in total. The summed E-state index contributed by atoms with van der Waals surface area (Å²) < 4.78 is 16.3. The Hall–Kier alpha value is -2.20. The van der Waals surface area contributed by atoms with Crippen LogP contribution in [0.2, 0.25) is 19.6 Å². The van der Waals surface area contributed by atoms with Gasteiger partial charge in [-0.1, -0.05) is 43.9 Å². The van der Waals surface area contributed by atoms with Crippen LogP contribution < -0.4 is 19.4 Å². The molecule has 0 fully saturated rings. The molecule has 0 aliphatic carbocycles. The fraction of sp³-hybridized carbons (Fsp3) is 0.300. The van der Waals surface area contributed by atoms with Crippen LogP contribution in [0, 0.1) is 0 Å². The fourth-order valence-electron chi connectivity index (χ4n) is 2.72. The van der Waals surface area contributed by atoms with Gasteiger partial charge in [-0.05, 0) is 34.5 Å². The minimum Gasteiger partial charge on any atom is -0.497 e. The maximum Gasteiger partial charge on any atom is 0.123 e. The monoisotopic (exact) mass is 342 g/mol. The third-order valence-electron chi connectivity index (χ3n) is 3.88. The van der Waals surface area contributed by atoms with Crippen LogP contribution in [-0.4, -0.2) is 29.4 Å². The van der Waals surface area contributed by atoms with Crippen molar-refractivity contribution >= 4 is 25.4 Å². The molecular weight excluding hydrogens is 316 g/mol. The highest BCUT2D eigenvalue weighted by molar-refractivity contribution is 6.89. The minimum atomic E-state index is -1.58. The summed E-state index contributed by atoms with van der Waals surface area (Å²) in [7, 11) is 3.49. The predicted molar refractivity (Wildman–Crippen MR) is 104 cm³/mol. The van der Waals surface area contributed by atoms with Gasteiger partial charge in [0.1, 0.15) is 17.2 Å². The Morgan fingerprint density at radius 3 is 1.88 bits per heavy atom. The first-order chi connectivity index (χ1) is 11.4. The first-order valence-electron chi connectivity index (χ1n) is 7.97. The van der Waals surface area contributed by atoms with Gasteiger partial charge in [-0.25, -0.2) is 0 Å². The van der Waals surface area contributed by atoms with Crippen LogP contribution in [0.25, 0.3) is 12.2 Å². The molecule has 3 nitrogen and oxygen atoms in total. The molecule has 0 unspecified atom stereocenters. The van der Waals surface area contributed by atoms with Gasteiger partial charge in [0.25, 0.3) is 0 Å². The lowest BCUT2D eigenvalue weighted by molar-refractivity contribution is 0.396. The molecule has 0 bridgehead atoms. The number of hydrogen-bond acceptors (Lipinski definition) is 3. The number of ether oxygens (including phenoxy) is 3. The van der Waals surface area contributed by atoms with E-state index in [9.17, 15) is 0 Å². The summed E-state index contributed by atoms with van der Waals surface area (Å²) >= 11 is 0. The Kier molecular flexibility index (Phi) is 5.73. The van der Waals surface area contributed by atoms with Gasteiger partial charge in [0.05, 0.1) is 29.4 Å². The van der Waals surface area contributed by atoms with Crippen molar-refractivity contribution in [2.75, 3.05) is 21.3 Å². The second-order valence-electron chi connectivity index (χ2n) is 6.65. The van der Waals surface area contributed by atoms with E-state index >= 15 is 0 Å². The molecule has 0 aromatic heterocycles. The summed E-state index contributed by atoms with van der Waals surface area (Å²) in [5, 5.41) is 1.30. The second kappa shape index (κ2) is 7.58. The molecule has 4 heteroatoms. The van der Waals surface area contributed by atoms with Crippen molar-refractivity contribution in [2.24, 2.45) is 0 Å². The minimum absolute atomic E-state index is 0.809. The van der Waals surface area contributed by atoms with Crippen molar-refractivity contribution in [1.29, 1.82) is 0 Å². The van der Waals surface area contributed by atoms with Crippen LogP contribution in [0.4, 0.5) is 0 Å². The van der Waals surface area contributed by atoms with Crippen molar-refractivity contribution < 1.29 is 14.2 Å². The molecule has 0 spiro atoms. The van der Waals surface area contributed by atoms with Crippen molar-refractivity contribution in [1.82, 2.24) is 0 Å². The molecule has 0 saturated heterocycles. The lowest BCUT2D eigenvalue weighted by atomic mass is 10.1. The van der Waals surface area contributed by atoms with Crippen molar-refractivity contribution in [3.63, 3.8) is 0 Å². The molecular formula is C20H26O3Si. The van der Waals surface area contributed by atoms with E-state index < -0.39 is 8.07 Å². The van der Waals surface area contributed by atoms with Crippen molar-refractivity contribution in [3.05, 3.63) is 47.5 Å². The molecule has 0 radical (unpaired) electrons. The first kappa shape index (κ1) is 18.1. The standard InChI is InChI=1S/C20H26O3Si/c1-21-17-11-8-15(9-12-17)7-10-16-13-18(22-2)14-19(23-3)20(16)24(4,5)6/h7-14H,1-6H3/b10-7+. The topological polar surface area (TPSA) is 27.7 Å². The normalized spacial score (nSPS) is 11.6. The van der Waals surface area contributed by atoms with Crippen LogP contribution in [0.5, 0.6) is 17.2 Å². The molecule has 0 atom stereocenters. The Labute approximate surface area is 145 Å². The van der Waals surface area contributed by atoms with E-state index in [1.54, 1.807) is 21.3 Å². The summed E-state index contributed by atoms with van der Waals surface area (Å²) in [5.74, 6) is 2.57. The average molecular weight is 343 g/mol. The van der Waals surface area contributed by atoms with Gasteiger partial charge in [-0.15, -0.1) is 0 Å². The van der Waals surface area contributed by atoms with Crippen LogP contribution in [0.1, 0.15) is 11.1 Å². The third-order valence-corrected chi connectivity index (χ3v) is 5.92. The van der Waals surface area contributed by atoms with Crippen molar-refractivity contribution in [2.45, 2.75) is 19.6 Å². The van der Waals surface area contributed by atoms with Gasteiger partial charge in [0.2, 0.25) is 0 Å². The van der Waals surface area contributed by atoms with E-state index in [1.165, 1.54) is 5.19 Å². The van der Waals surface area contributed by atoms with Gasteiger partial charge >= 0.3 is 0 Å². The maximum atomic E-state index is 5.64. The largest absolute Gasteiger partial charge is 0.497 e. The molecule has 0 aliphatic heterocycles. The summed E-state index contributed by atoms with van der Waals surface area (Å²) in [4.78, 5) is 0. The zero-order valence-corrected chi connectivity index (χ0v) is 16.3. The number of benzene rings is 2. The van der Waals surface area contributed by atoms with E-state index in [1.807, 2.05) is 30.3 Å². The molecule has 0 aliphatic rings. The highest BCUT2D eigenvalue weighted by atomic mass is 28.3. The molecule has 2 aromatic rings. The number of hydrogen-bond donors (Lipinski definition) is 0. The summed E-state index contributed by atoms with van der Waals surface area (Å²) in [6.45, 7) is 6.96. The van der Waals surface area contributed by atoms with Crippen LogP contribution in [0.3, 0.4) is 0 Å². The van der Waals surface area contributed by atoms with E-state index in [2.05, 4.69) is 37.9 Å². The lowest BCUT2D eigenvalue weighted by Gasteiger charge is -2.23. The fourth-order valence-corrected chi connectivity index (χ4v) is 4.66.